The van der Waals surface area contributed by atoms with Crippen LogP contribution in [-0.4, -0.2) is 0 Å². The number of nitrogens with one attached hydrogen (secondary N) is 1. The van der Waals surface area contributed by atoms with E-state index in [-0.39, 0.29) is 11.9 Å². The number of aryl methyl sites for hydroxylation is 1. The van der Waals surface area contributed by atoms with Crippen LogP contribution in [0.5, 0.6) is 0 Å². The number of hydrogen-bond acceptors (Lipinski definition) is 2. The Balaban J connectivity index is 2.17. The van der Waals surface area contributed by atoms with Gasteiger partial charge in [-0.25, -0.2) is 4.39 Å². The number of hydrogen-bond donors (Lipinski definition) is 2. The monoisotopic (exact) mass is 264 g/mol. The van der Waals surface area contributed by atoms with E-state index in [1.165, 1.54) is 51.0 Å². The standard InChI is InChI=1S/C16H25FN2/c1-12-11-14(17)9-10-15(12)16(19-18)13-7-5-3-2-4-6-8-13/h9-11,13,16,19H,2-8,18H2,1H3. The van der Waals surface area contributed by atoms with Crippen molar-refractivity contribution < 1.29 is 4.39 Å². The number of rotatable bonds is 3. The molecule has 0 heterocycles. The topological polar surface area (TPSA) is 38.0 Å². The van der Waals surface area contributed by atoms with Gasteiger partial charge in [0.1, 0.15) is 5.82 Å². The zero-order chi connectivity index (χ0) is 13.7. The van der Waals surface area contributed by atoms with Gasteiger partial charge < -0.3 is 0 Å². The normalized spacial score (nSPS) is 19.7. The summed E-state index contributed by atoms with van der Waals surface area (Å²) in [7, 11) is 0. The maximum Gasteiger partial charge on any atom is 0.123 e. The zero-order valence-corrected chi connectivity index (χ0v) is 11.8. The van der Waals surface area contributed by atoms with Crippen LogP contribution in [0.2, 0.25) is 0 Å². The van der Waals surface area contributed by atoms with Crippen LogP contribution in [0.15, 0.2) is 18.2 Å². The molecule has 1 aromatic carbocycles. The van der Waals surface area contributed by atoms with E-state index in [4.69, 9.17) is 5.84 Å². The summed E-state index contributed by atoms with van der Waals surface area (Å²) in [5, 5.41) is 0. The van der Waals surface area contributed by atoms with E-state index in [0.717, 1.165) is 11.1 Å². The number of benzene rings is 1. The molecule has 0 bridgehead atoms. The zero-order valence-electron chi connectivity index (χ0n) is 11.8. The first kappa shape index (κ1) is 14.5. The Morgan fingerprint density at radius 2 is 1.79 bits per heavy atom. The molecule has 0 radical (unpaired) electrons. The lowest BCUT2D eigenvalue weighted by Gasteiger charge is -2.29. The van der Waals surface area contributed by atoms with Gasteiger partial charge in [-0.15, -0.1) is 0 Å². The molecular formula is C16H25FN2. The van der Waals surface area contributed by atoms with Gasteiger partial charge in [-0.05, 0) is 48.9 Å². The van der Waals surface area contributed by atoms with Crippen LogP contribution in [0.25, 0.3) is 0 Å². The number of halogens is 1. The molecule has 0 aliphatic heterocycles. The quantitative estimate of drug-likeness (QED) is 0.639. The minimum atomic E-state index is -0.172. The van der Waals surface area contributed by atoms with Gasteiger partial charge in [0, 0.05) is 6.04 Å². The van der Waals surface area contributed by atoms with Crippen LogP contribution in [-0.2, 0) is 0 Å². The molecular weight excluding hydrogens is 239 g/mol. The summed E-state index contributed by atoms with van der Waals surface area (Å²) in [6.45, 7) is 1.96. The summed E-state index contributed by atoms with van der Waals surface area (Å²) in [4.78, 5) is 0. The minimum Gasteiger partial charge on any atom is -0.271 e. The Labute approximate surface area is 115 Å². The summed E-state index contributed by atoms with van der Waals surface area (Å²) in [6, 6.07) is 5.17. The predicted molar refractivity (Wildman–Crippen MR) is 77.0 cm³/mol. The second-order valence-electron chi connectivity index (χ2n) is 5.75. The minimum absolute atomic E-state index is 0.152. The predicted octanol–water partition coefficient (Wildman–Crippen LogP) is 4.00. The molecule has 1 saturated carbocycles. The smallest absolute Gasteiger partial charge is 0.123 e. The lowest BCUT2D eigenvalue weighted by Crippen LogP contribution is -2.34. The van der Waals surface area contributed by atoms with Gasteiger partial charge in [-0.3, -0.25) is 11.3 Å². The molecule has 106 valence electrons. The van der Waals surface area contributed by atoms with Crippen molar-refractivity contribution in [1.29, 1.82) is 0 Å². The van der Waals surface area contributed by atoms with Crippen LogP contribution in [0.1, 0.15) is 62.1 Å². The van der Waals surface area contributed by atoms with Gasteiger partial charge in [0.05, 0.1) is 0 Å². The first-order valence-electron chi connectivity index (χ1n) is 7.44. The van der Waals surface area contributed by atoms with Crippen LogP contribution in [0, 0.1) is 18.7 Å². The Kier molecular flexibility index (Phi) is 5.34. The Morgan fingerprint density at radius 3 is 2.37 bits per heavy atom. The van der Waals surface area contributed by atoms with E-state index in [1.54, 1.807) is 6.07 Å². The molecule has 0 amide bonds. The van der Waals surface area contributed by atoms with Crippen molar-refractivity contribution in [3.8, 4) is 0 Å². The molecule has 0 aromatic heterocycles. The highest BCUT2D eigenvalue weighted by atomic mass is 19.1. The van der Waals surface area contributed by atoms with E-state index in [1.807, 2.05) is 13.0 Å². The molecule has 1 aliphatic carbocycles. The molecule has 19 heavy (non-hydrogen) atoms. The third-order valence-electron chi connectivity index (χ3n) is 4.37. The summed E-state index contributed by atoms with van der Waals surface area (Å²) < 4.78 is 13.2. The van der Waals surface area contributed by atoms with Crippen molar-refractivity contribution in [3.05, 3.63) is 35.1 Å². The molecule has 1 atom stereocenters. The summed E-state index contributed by atoms with van der Waals surface area (Å²) in [6.07, 6.45) is 9.01. The molecule has 0 spiro atoms. The van der Waals surface area contributed by atoms with E-state index in [9.17, 15) is 4.39 Å². The van der Waals surface area contributed by atoms with E-state index in [0.29, 0.717) is 5.92 Å². The van der Waals surface area contributed by atoms with Crippen LogP contribution >= 0.6 is 0 Å². The number of hydrazine groups is 1. The van der Waals surface area contributed by atoms with Gasteiger partial charge in [0.2, 0.25) is 0 Å². The fourth-order valence-electron chi connectivity index (χ4n) is 3.29. The molecule has 1 unspecified atom stereocenters. The average molecular weight is 264 g/mol. The molecule has 1 aromatic rings. The molecule has 2 nitrogen and oxygen atoms in total. The summed E-state index contributed by atoms with van der Waals surface area (Å²) >= 11 is 0. The summed E-state index contributed by atoms with van der Waals surface area (Å²) in [5.41, 5.74) is 5.11. The maximum absolute atomic E-state index is 13.2. The van der Waals surface area contributed by atoms with Gasteiger partial charge in [0.25, 0.3) is 0 Å². The fraction of sp³-hybridized carbons (Fsp3) is 0.625. The van der Waals surface area contributed by atoms with Crippen molar-refractivity contribution in [2.24, 2.45) is 11.8 Å². The van der Waals surface area contributed by atoms with E-state index < -0.39 is 0 Å². The van der Waals surface area contributed by atoms with Crippen molar-refractivity contribution in [2.75, 3.05) is 0 Å². The SMILES string of the molecule is Cc1cc(F)ccc1C(NN)C1CCCCCCC1. The maximum atomic E-state index is 13.2. The third-order valence-corrected chi connectivity index (χ3v) is 4.37. The second-order valence-corrected chi connectivity index (χ2v) is 5.75. The molecule has 3 heteroatoms. The fourth-order valence-corrected chi connectivity index (χ4v) is 3.29. The lowest BCUT2D eigenvalue weighted by molar-refractivity contribution is 0.290. The highest BCUT2D eigenvalue weighted by Gasteiger charge is 2.24. The highest BCUT2D eigenvalue weighted by molar-refractivity contribution is 5.30. The van der Waals surface area contributed by atoms with Crippen molar-refractivity contribution in [2.45, 2.75) is 57.9 Å². The number of nitrogens with two attached hydrogens (primary N) is 1. The molecule has 2 rings (SSSR count). The van der Waals surface area contributed by atoms with Crippen LogP contribution in [0.4, 0.5) is 4.39 Å². The van der Waals surface area contributed by atoms with Crippen molar-refractivity contribution in [1.82, 2.24) is 5.43 Å². The first-order chi connectivity index (χ1) is 9.22. The largest absolute Gasteiger partial charge is 0.271 e. The van der Waals surface area contributed by atoms with Gasteiger partial charge >= 0.3 is 0 Å². The molecule has 0 saturated heterocycles. The van der Waals surface area contributed by atoms with Crippen molar-refractivity contribution >= 4 is 0 Å². The second kappa shape index (κ2) is 7.01. The lowest BCUT2D eigenvalue weighted by atomic mass is 9.82. The van der Waals surface area contributed by atoms with Crippen molar-refractivity contribution in [3.63, 3.8) is 0 Å². The first-order valence-corrected chi connectivity index (χ1v) is 7.44. The summed E-state index contributed by atoms with van der Waals surface area (Å²) in [5.74, 6) is 6.18. The average Bonchev–Trinajstić information content (AvgIpc) is 2.34. The van der Waals surface area contributed by atoms with Gasteiger partial charge in [-0.1, -0.05) is 38.2 Å². The Bertz CT molecular complexity index is 398. The van der Waals surface area contributed by atoms with E-state index >= 15 is 0 Å². The Hall–Kier alpha value is -0.930. The van der Waals surface area contributed by atoms with Gasteiger partial charge in [0.15, 0.2) is 0 Å². The third kappa shape index (κ3) is 3.77. The molecule has 1 aliphatic rings. The molecule has 1 fully saturated rings. The van der Waals surface area contributed by atoms with Crippen LogP contribution in [0.3, 0.4) is 0 Å². The van der Waals surface area contributed by atoms with Crippen LogP contribution < -0.4 is 11.3 Å². The van der Waals surface area contributed by atoms with E-state index in [2.05, 4.69) is 5.43 Å². The Morgan fingerprint density at radius 1 is 1.16 bits per heavy atom. The van der Waals surface area contributed by atoms with Gasteiger partial charge in [-0.2, -0.15) is 0 Å². The highest BCUT2D eigenvalue weighted by Crippen LogP contribution is 2.33. The molecule has 3 N–H and O–H groups in total.